The molecule has 0 aliphatic carbocycles. The van der Waals surface area contributed by atoms with Crippen LogP contribution in [0.5, 0.6) is 0 Å². The maximum absolute atomic E-state index is 11.9. The molecule has 2 heterocycles. The maximum atomic E-state index is 11.9. The third-order valence-corrected chi connectivity index (χ3v) is 2.96. The van der Waals surface area contributed by atoms with E-state index in [0.29, 0.717) is 18.9 Å². The molecule has 2 rings (SSSR count). The van der Waals surface area contributed by atoms with Gasteiger partial charge in [0.25, 0.3) is 0 Å². The molecule has 3 amide bonds. The summed E-state index contributed by atoms with van der Waals surface area (Å²) in [6.07, 6.45) is 0. The van der Waals surface area contributed by atoms with Crippen molar-refractivity contribution in [1.82, 2.24) is 20.3 Å². The van der Waals surface area contributed by atoms with Crippen LogP contribution in [0.4, 0.5) is 4.79 Å². The van der Waals surface area contributed by atoms with Crippen LogP contribution in [0.25, 0.3) is 0 Å². The number of nitrogens with zero attached hydrogens (tertiary/aromatic N) is 3. The molecule has 1 aliphatic rings. The summed E-state index contributed by atoms with van der Waals surface area (Å²) >= 11 is 0. The number of amides is 3. The van der Waals surface area contributed by atoms with Crippen LogP contribution >= 0.6 is 0 Å². The number of rotatable bonds is 5. The molecule has 0 unspecified atom stereocenters. The van der Waals surface area contributed by atoms with Gasteiger partial charge >= 0.3 is 6.03 Å². The van der Waals surface area contributed by atoms with Gasteiger partial charge in [-0.25, -0.2) is 4.79 Å². The summed E-state index contributed by atoms with van der Waals surface area (Å²) in [5.41, 5.74) is 0.761. The van der Waals surface area contributed by atoms with E-state index in [-0.39, 0.29) is 31.7 Å². The first-order valence-electron chi connectivity index (χ1n) is 6.32. The van der Waals surface area contributed by atoms with Crippen LogP contribution in [0.2, 0.25) is 0 Å². The third-order valence-electron chi connectivity index (χ3n) is 2.96. The summed E-state index contributed by atoms with van der Waals surface area (Å²) in [7, 11) is 1.57. The quantitative estimate of drug-likeness (QED) is 0.817. The molecule has 20 heavy (non-hydrogen) atoms. The van der Waals surface area contributed by atoms with Gasteiger partial charge in [-0.15, -0.1) is 0 Å². The Morgan fingerprint density at radius 1 is 1.60 bits per heavy atom. The number of urea groups is 1. The summed E-state index contributed by atoms with van der Waals surface area (Å²) in [4.78, 5) is 26.7. The Balaban J connectivity index is 1.80. The smallest absolute Gasteiger partial charge is 0.319 e. The Morgan fingerprint density at radius 3 is 3.05 bits per heavy atom. The van der Waals surface area contributed by atoms with Crippen LogP contribution in [0.1, 0.15) is 11.5 Å². The van der Waals surface area contributed by atoms with Crippen molar-refractivity contribution in [2.75, 3.05) is 33.5 Å². The van der Waals surface area contributed by atoms with Crippen LogP contribution in [0.15, 0.2) is 10.6 Å². The standard InChI is InChI=1S/C12H18N4O4/c1-9-5-10(20-14-9)6-13-12(18)16-7-11(17)15(8-16)3-4-19-2/h5H,3-4,6-8H2,1-2H3,(H,13,18). The van der Waals surface area contributed by atoms with E-state index in [9.17, 15) is 9.59 Å². The molecular weight excluding hydrogens is 264 g/mol. The second-order valence-electron chi connectivity index (χ2n) is 4.58. The molecule has 8 heteroatoms. The van der Waals surface area contributed by atoms with E-state index in [1.807, 2.05) is 6.92 Å². The number of aryl methyl sites for hydroxylation is 1. The van der Waals surface area contributed by atoms with Gasteiger partial charge in [-0.2, -0.15) is 0 Å². The first-order valence-corrected chi connectivity index (χ1v) is 6.32. The van der Waals surface area contributed by atoms with E-state index in [2.05, 4.69) is 10.5 Å². The first kappa shape index (κ1) is 14.3. The van der Waals surface area contributed by atoms with Crippen LogP contribution in [-0.2, 0) is 16.1 Å². The Hall–Kier alpha value is -2.09. The fourth-order valence-electron chi connectivity index (χ4n) is 1.91. The minimum atomic E-state index is -0.299. The number of carbonyl (C=O) groups is 2. The Bertz CT molecular complexity index is 488. The molecule has 0 atom stereocenters. The summed E-state index contributed by atoms with van der Waals surface area (Å²) in [6, 6.07) is 1.45. The van der Waals surface area contributed by atoms with Crippen LogP contribution in [-0.4, -0.2) is 60.4 Å². The fourth-order valence-corrected chi connectivity index (χ4v) is 1.91. The number of nitrogens with one attached hydrogen (secondary N) is 1. The highest BCUT2D eigenvalue weighted by Crippen LogP contribution is 2.07. The molecule has 1 N–H and O–H groups in total. The van der Waals surface area contributed by atoms with Gasteiger partial charge < -0.3 is 19.5 Å². The normalized spacial score (nSPS) is 15.0. The predicted octanol–water partition coefficient (Wildman–Crippen LogP) is -0.0593. The second kappa shape index (κ2) is 6.38. The molecule has 1 aromatic rings. The largest absolute Gasteiger partial charge is 0.383 e. The number of ether oxygens (including phenoxy) is 1. The van der Waals surface area contributed by atoms with E-state index in [0.717, 1.165) is 5.69 Å². The highest BCUT2D eigenvalue weighted by Gasteiger charge is 2.30. The molecule has 0 bridgehead atoms. The molecule has 0 aromatic carbocycles. The predicted molar refractivity (Wildman–Crippen MR) is 68.6 cm³/mol. The minimum absolute atomic E-state index is 0.0762. The number of carbonyl (C=O) groups excluding carboxylic acids is 2. The molecule has 0 saturated carbocycles. The van der Waals surface area contributed by atoms with Crippen molar-refractivity contribution in [2.45, 2.75) is 13.5 Å². The molecule has 1 fully saturated rings. The second-order valence-corrected chi connectivity index (χ2v) is 4.58. The van der Waals surface area contributed by atoms with E-state index in [4.69, 9.17) is 9.26 Å². The zero-order valence-electron chi connectivity index (χ0n) is 11.6. The molecule has 0 spiro atoms. The van der Waals surface area contributed by atoms with Crippen LogP contribution < -0.4 is 5.32 Å². The van der Waals surface area contributed by atoms with Crippen molar-refractivity contribution < 1.29 is 18.8 Å². The summed E-state index contributed by atoms with van der Waals surface area (Å²) in [5, 5.41) is 6.43. The minimum Gasteiger partial charge on any atom is -0.383 e. The zero-order valence-corrected chi connectivity index (χ0v) is 11.6. The lowest BCUT2D eigenvalue weighted by Crippen LogP contribution is -2.39. The number of methoxy groups -OCH3 is 1. The highest BCUT2D eigenvalue weighted by atomic mass is 16.5. The SMILES string of the molecule is COCCN1CN(C(=O)NCc2cc(C)no2)CC1=O. The lowest BCUT2D eigenvalue weighted by molar-refractivity contribution is -0.127. The highest BCUT2D eigenvalue weighted by molar-refractivity contribution is 5.87. The molecule has 8 nitrogen and oxygen atoms in total. The van der Waals surface area contributed by atoms with Gasteiger partial charge in [-0.3, -0.25) is 9.69 Å². The van der Waals surface area contributed by atoms with Gasteiger partial charge in [-0.1, -0.05) is 5.16 Å². The maximum Gasteiger partial charge on any atom is 0.319 e. The van der Waals surface area contributed by atoms with Crippen molar-refractivity contribution in [3.05, 3.63) is 17.5 Å². The van der Waals surface area contributed by atoms with E-state index >= 15 is 0 Å². The summed E-state index contributed by atoms with van der Waals surface area (Å²) < 4.78 is 9.92. The average Bonchev–Trinajstić information content (AvgIpc) is 3.00. The van der Waals surface area contributed by atoms with Gasteiger partial charge in [0, 0.05) is 19.7 Å². The van der Waals surface area contributed by atoms with Gasteiger partial charge in [0.1, 0.15) is 6.54 Å². The van der Waals surface area contributed by atoms with Gasteiger partial charge in [0.05, 0.1) is 25.5 Å². The summed E-state index contributed by atoms with van der Waals surface area (Å²) in [5.74, 6) is 0.505. The number of aromatic nitrogens is 1. The third kappa shape index (κ3) is 3.47. The summed E-state index contributed by atoms with van der Waals surface area (Å²) in [6.45, 7) is 3.37. The Morgan fingerprint density at radius 2 is 2.40 bits per heavy atom. The number of hydrogen-bond acceptors (Lipinski definition) is 5. The number of hydrogen-bond donors (Lipinski definition) is 1. The van der Waals surface area contributed by atoms with Crippen molar-refractivity contribution >= 4 is 11.9 Å². The Kier molecular flexibility index (Phi) is 4.57. The zero-order chi connectivity index (χ0) is 14.5. The van der Waals surface area contributed by atoms with Crippen molar-refractivity contribution in [2.24, 2.45) is 0 Å². The van der Waals surface area contributed by atoms with Crippen molar-refractivity contribution in [3.63, 3.8) is 0 Å². The van der Waals surface area contributed by atoms with E-state index in [1.165, 1.54) is 4.90 Å². The lowest BCUT2D eigenvalue weighted by atomic mass is 10.4. The molecule has 0 radical (unpaired) electrons. The Labute approximate surface area is 116 Å². The van der Waals surface area contributed by atoms with Crippen LogP contribution in [0, 0.1) is 6.92 Å². The van der Waals surface area contributed by atoms with E-state index in [1.54, 1.807) is 18.1 Å². The molecule has 1 aromatic heterocycles. The van der Waals surface area contributed by atoms with Crippen molar-refractivity contribution in [3.8, 4) is 0 Å². The molecular formula is C12H18N4O4. The fraction of sp³-hybridized carbons (Fsp3) is 0.583. The van der Waals surface area contributed by atoms with Crippen molar-refractivity contribution in [1.29, 1.82) is 0 Å². The van der Waals surface area contributed by atoms with Crippen LogP contribution in [0.3, 0.4) is 0 Å². The molecule has 1 saturated heterocycles. The van der Waals surface area contributed by atoms with E-state index < -0.39 is 0 Å². The van der Waals surface area contributed by atoms with Gasteiger partial charge in [0.2, 0.25) is 5.91 Å². The topological polar surface area (TPSA) is 87.9 Å². The average molecular weight is 282 g/mol. The lowest BCUT2D eigenvalue weighted by Gasteiger charge is -2.17. The first-order chi connectivity index (χ1) is 9.60. The molecule has 1 aliphatic heterocycles. The van der Waals surface area contributed by atoms with Gasteiger partial charge in [-0.05, 0) is 6.92 Å². The monoisotopic (exact) mass is 282 g/mol. The van der Waals surface area contributed by atoms with Gasteiger partial charge in [0.15, 0.2) is 5.76 Å². The molecule has 110 valence electrons.